The first kappa shape index (κ1) is 9.20. The normalized spacial score (nSPS) is 9.87. The van der Waals surface area contributed by atoms with Crippen molar-refractivity contribution in [2.24, 2.45) is 0 Å². The molecule has 6 nitrogen and oxygen atoms in total. The van der Waals surface area contributed by atoms with Crippen molar-refractivity contribution in [1.29, 1.82) is 0 Å². The maximum Gasteiger partial charge on any atom is 0.305 e. The van der Waals surface area contributed by atoms with Crippen molar-refractivity contribution in [3.8, 4) is 11.5 Å². The minimum absolute atomic E-state index is 0.130. The van der Waals surface area contributed by atoms with Crippen LogP contribution in [0.2, 0.25) is 0 Å². The smallest absolute Gasteiger partial charge is 0.258 e. The molecule has 2 aromatic rings. The van der Waals surface area contributed by atoms with Crippen LogP contribution in [0.3, 0.4) is 0 Å². The van der Waals surface area contributed by atoms with Gasteiger partial charge < -0.3 is 0 Å². The first-order valence-electron chi connectivity index (χ1n) is 4.15. The van der Waals surface area contributed by atoms with Crippen molar-refractivity contribution < 1.29 is 4.92 Å². The number of hydrogen-bond acceptors (Lipinski definition) is 5. The highest BCUT2D eigenvalue weighted by Crippen LogP contribution is 2.13. The van der Waals surface area contributed by atoms with Gasteiger partial charge in [-0.05, 0) is 12.1 Å². The second-order valence-corrected chi connectivity index (χ2v) is 2.74. The molecule has 0 saturated heterocycles. The molecule has 0 atom stereocenters. The van der Waals surface area contributed by atoms with Gasteiger partial charge in [0.25, 0.3) is 0 Å². The number of pyridine rings is 1. The molecule has 15 heavy (non-hydrogen) atoms. The first-order chi connectivity index (χ1) is 7.27. The lowest BCUT2D eigenvalue weighted by molar-refractivity contribution is -0.385. The molecule has 0 aliphatic heterocycles. The van der Waals surface area contributed by atoms with Crippen molar-refractivity contribution in [3.63, 3.8) is 0 Å². The van der Waals surface area contributed by atoms with Crippen molar-refractivity contribution in [1.82, 2.24) is 15.0 Å². The Morgan fingerprint density at radius 2 is 1.87 bits per heavy atom. The molecular weight excluding hydrogens is 196 g/mol. The first-order valence-corrected chi connectivity index (χ1v) is 4.15. The highest BCUT2D eigenvalue weighted by Gasteiger charge is 2.07. The van der Waals surface area contributed by atoms with Gasteiger partial charge in [-0.15, -0.1) is 0 Å². The second-order valence-electron chi connectivity index (χ2n) is 2.74. The lowest BCUT2D eigenvalue weighted by Gasteiger charge is -1.96. The molecule has 0 unspecified atom stereocenters. The molecule has 0 aromatic carbocycles. The fourth-order valence-corrected chi connectivity index (χ4v) is 1.04. The Bertz CT molecular complexity index is 469. The Hall–Kier alpha value is -2.37. The van der Waals surface area contributed by atoms with Gasteiger partial charge in [-0.2, -0.15) is 0 Å². The molecule has 74 valence electrons. The van der Waals surface area contributed by atoms with Crippen LogP contribution in [0.15, 0.2) is 36.8 Å². The standard InChI is InChI=1S/C9H6N4O2/c14-13(15)7-5-11-9(12-6-7)8-3-1-2-4-10-8/h1-6H. The number of nitro groups is 1. The third kappa shape index (κ3) is 1.93. The van der Waals surface area contributed by atoms with Gasteiger partial charge in [-0.25, -0.2) is 9.97 Å². The zero-order valence-corrected chi connectivity index (χ0v) is 7.57. The summed E-state index contributed by atoms with van der Waals surface area (Å²) in [6.07, 6.45) is 3.94. The van der Waals surface area contributed by atoms with Crippen LogP contribution in [-0.2, 0) is 0 Å². The zero-order chi connectivity index (χ0) is 10.7. The Morgan fingerprint density at radius 3 is 2.40 bits per heavy atom. The van der Waals surface area contributed by atoms with Gasteiger partial charge in [0.05, 0.1) is 4.92 Å². The van der Waals surface area contributed by atoms with Crippen LogP contribution in [0.1, 0.15) is 0 Å². The number of hydrogen-bond donors (Lipinski definition) is 0. The topological polar surface area (TPSA) is 81.8 Å². The van der Waals surface area contributed by atoms with Gasteiger partial charge in [0.2, 0.25) is 0 Å². The minimum atomic E-state index is -0.539. The highest BCUT2D eigenvalue weighted by molar-refractivity contribution is 5.48. The van der Waals surface area contributed by atoms with Gasteiger partial charge >= 0.3 is 5.69 Å². The average molecular weight is 202 g/mol. The molecule has 0 aliphatic carbocycles. The molecular formula is C9H6N4O2. The molecule has 0 bridgehead atoms. The summed E-state index contributed by atoms with van der Waals surface area (Å²) in [5.41, 5.74) is 0.460. The van der Waals surface area contributed by atoms with Gasteiger partial charge in [0.1, 0.15) is 18.1 Å². The van der Waals surface area contributed by atoms with E-state index in [1.165, 1.54) is 0 Å². The van der Waals surface area contributed by atoms with E-state index >= 15 is 0 Å². The Morgan fingerprint density at radius 1 is 1.13 bits per heavy atom. The van der Waals surface area contributed by atoms with E-state index in [1.54, 1.807) is 24.4 Å². The SMILES string of the molecule is O=[N+]([O-])c1cnc(-c2ccccn2)nc1. The monoisotopic (exact) mass is 202 g/mol. The summed E-state index contributed by atoms with van der Waals surface area (Å²) < 4.78 is 0. The number of nitrogens with zero attached hydrogens (tertiary/aromatic N) is 4. The van der Waals surface area contributed by atoms with Crippen LogP contribution in [0.4, 0.5) is 5.69 Å². The Kier molecular flexibility index (Phi) is 2.32. The minimum Gasteiger partial charge on any atom is -0.258 e. The van der Waals surface area contributed by atoms with Crippen molar-refractivity contribution in [2.45, 2.75) is 0 Å². The second kappa shape index (κ2) is 3.79. The predicted octanol–water partition coefficient (Wildman–Crippen LogP) is 1.45. The Balaban J connectivity index is 2.36. The maximum atomic E-state index is 10.4. The van der Waals surface area contributed by atoms with Gasteiger partial charge in [-0.1, -0.05) is 6.07 Å². The van der Waals surface area contributed by atoms with E-state index in [2.05, 4.69) is 15.0 Å². The summed E-state index contributed by atoms with van der Waals surface area (Å²) >= 11 is 0. The predicted molar refractivity (Wildman–Crippen MR) is 51.9 cm³/mol. The maximum absolute atomic E-state index is 10.4. The van der Waals surface area contributed by atoms with Crippen LogP contribution in [0.5, 0.6) is 0 Å². The van der Waals surface area contributed by atoms with Crippen molar-refractivity contribution in [2.75, 3.05) is 0 Å². The van der Waals surface area contributed by atoms with E-state index in [0.29, 0.717) is 11.5 Å². The van der Waals surface area contributed by atoms with Crippen molar-refractivity contribution in [3.05, 3.63) is 46.9 Å². The largest absolute Gasteiger partial charge is 0.305 e. The average Bonchev–Trinajstić information content (AvgIpc) is 2.30. The fourth-order valence-electron chi connectivity index (χ4n) is 1.04. The van der Waals surface area contributed by atoms with Gasteiger partial charge in [0, 0.05) is 6.20 Å². The van der Waals surface area contributed by atoms with E-state index in [0.717, 1.165) is 12.4 Å². The molecule has 2 aromatic heterocycles. The number of aromatic nitrogens is 3. The molecule has 2 heterocycles. The zero-order valence-electron chi connectivity index (χ0n) is 7.57. The summed E-state index contributed by atoms with van der Waals surface area (Å²) in [6.45, 7) is 0. The van der Waals surface area contributed by atoms with E-state index in [1.807, 2.05) is 0 Å². The van der Waals surface area contributed by atoms with Crippen LogP contribution >= 0.6 is 0 Å². The third-order valence-corrected chi connectivity index (χ3v) is 1.74. The fraction of sp³-hybridized carbons (Fsp3) is 0. The number of rotatable bonds is 2. The van der Waals surface area contributed by atoms with Gasteiger partial charge in [0.15, 0.2) is 5.82 Å². The van der Waals surface area contributed by atoms with E-state index in [4.69, 9.17) is 0 Å². The molecule has 0 radical (unpaired) electrons. The van der Waals surface area contributed by atoms with Crippen LogP contribution in [0, 0.1) is 10.1 Å². The van der Waals surface area contributed by atoms with E-state index < -0.39 is 4.92 Å². The molecule has 0 spiro atoms. The lowest BCUT2D eigenvalue weighted by Crippen LogP contribution is -1.94. The van der Waals surface area contributed by atoms with Crippen LogP contribution < -0.4 is 0 Å². The summed E-state index contributed by atoms with van der Waals surface area (Å²) in [5, 5.41) is 10.4. The summed E-state index contributed by atoms with van der Waals surface area (Å²) in [7, 11) is 0. The van der Waals surface area contributed by atoms with E-state index in [9.17, 15) is 10.1 Å². The molecule has 0 saturated carbocycles. The molecule has 0 aliphatic rings. The summed E-state index contributed by atoms with van der Waals surface area (Å²) in [5.74, 6) is 0.376. The third-order valence-electron chi connectivity index (χ3n) is 1.74. The molecule has 2 rings (SSSR count). The lowest BCUT2D eigenvalue weighted by atomic mass is 10.3. The van der Waals surface area contributed by atoms with Crippen LogP contribution in [-0.4, -0.2) is 19.9 Å². The quantitative estimate of drug-likeness (QED) is 0.543. The molecule has 0 amide bonds. The van der Waals surface area contributed by atoms with Gasteiger partial charge in [-0.3, -0.25) is 15.1 Å². The summed E-state index contributed by atoms with van der Waals surface area (Å²) in [6, 6.07) is 5.31. The van der Waals surface area contributed by atoms with Crippen LogP contribution in [0.25, 0.3) is 11.5 Å². The molecule has 0 fully saturated rings. The van der Waals surface area contributed by atoms with E-state index in [-0.39, 0.29) is 5.69 Å². The van der Waals surface area contributed by atoms with Crippen molar-refractivity contribution >= 4 is 5.69 Å². The summed E-state index contributed by atoms with van der Waals surface area (Å²) in [4.78, 5) is 21.6. The molecule has 6 heteroatoms. The highest BCUT2D eigenvalue weighted by atomic mass is 16.6. The Labute approximate surface area is 84.8 Å². The molecule has 0 N–H and O–H groups in total.